The molecule has 1 unspecified atom stereocenters. The average molecular weight is 208 g/mol. The Hall–Kier alpha value is 0.310. The highest BCUT2D eigenvalue weighted by Gasteiger charge is 2.07. The van der Waals surface area contributed by atoms with Crippen molar-refractivity contribution in [1.82, 2.24) is 0 Å². The minimum atomic E-state index is -1.64. The molecule has 0 fully saturated rings. The zero-order valence-electron chi connectivity index (χ0n) is 8.82. The predicted octanol–water partition coefficient (Wildman–Crippen LogP) is 3.23. The molecule has 0 aromatic rings. The highest BCUT2D eigenvalue weighted by Crippen LogP contribution is 2.34. The first-order chi connectivity index (χ1) is 6.16. The molecule has 0 aromatic heterocycles. The van der Waals surface area contributed by atoms with Gasteiger partial charge in [0.05, 0.1) is 12.7 Å². The van der Waals surface area contributed by atoms with Gasteiger partial charge in [0.15, 0.2) is 0 Å². The predicted molar refractivity (Wildman–Crippen MR) is 55.5 cm³/mol. The topological polar surface area (TPSA) is 38.7 Å². The lowest BCUT2D eigenvalue weighted by Crippen LogP contribution is -2.00. The minimum Gasteiger partial charge on any atom is -0.328 e. The molecule has 0 spiro atoms. The lowest BCUT2D eigenvalue weighted by atomic mass is 10.2. The van der Waals surface area contributed by atoms with Crippen molar-refractivity contribution in [2.75, 3.05) is 6.61 Å². The van der Waals surface area contributed by atoms with Crippen LogP contribution in [0.4, 0.5) is 0 Å². The van der Waals surface area contributed by atoms with Gasteiger partial charge in [-0.15, -0.1) is 0 Å². The van der Waals surface area contributed by atoms with Crippen molar-refractivity contribution < 1.29 is 13.9 Å². The van der Waals surface area contributed by atoms with Crippen molar-refractivity contribution in [3.63, 3.8) is 0 Å². The maximum Gasteiger partial charge on any atom is 0.330 e. The fourth-order valence-corrected chi connectivity index (χ4v) is 1.59. The molecule has 0 rings (SSSR count). The van der Waals surface area contributed by atoms with E-state index in [1.54, 1.807) is 0 Å². The Morgan fingerprint density at radius 1 is 1.23 bits per heavy atom. The van der Waals surface area contributed by atoms with Crippen molar-refractivity contribution in [3.05, 3.63) is 0 Å². The Morgan fingerprint density at radius 2 is 1.92 bits per heavy atom. The molecule has 1 N–H and O–H groups in total. The van der Waals surface area contributed by atoms with Gasteiger partial charge in [-0.25, -0.2) is 0 Å². The Balaban J connectivity index is 3.12. The molecule has 0 radical (unpaired) electrons. The van der Waals surface area contributed by atoms with E-state index in [9.17, 15) is 4.89 Å². The third-order valence-corrected chi connectivity index (χ3v) is 2.51. The van der Waals surface area contributed by atoms with E-state index in [1.165, 1.54) is 19.3 Å². The highest BCUT2D eigenvalue weighted by atomic mass is 31.2. The molecule has 4 heteroatoms. The molecular formula is C9H21O3P. The molecular weight excluding hydrogens is 187 g/mol. The molecule has 0 aliphatic rings. The summed E-state index contributed by atoms with van der Waals surface area (Å²) in [5.74, 6) is 0. The molecule has 1 atom stereocenters. The van der Waals surface area contributed by atoms with Crippen molar-refractivity contribution in [2.45, 2.75) is 52.6 Å². The third kappa shape index (κ3) is 10.2. The minimum absolute atomic E-state index is 0.0340. The van der Waals surface area contributed by atoms with E-state index in [0.717, 1.165) is 6.42 Å². The van der Waals surface area contributed by atoms with Gasteiger partial charge in [-0.1, -0.05) is 26.2 Å². The summed E-state index contributed by atoms with van der Waals surface area (Å²) in [7, 11) is -1.64. The van der Waals surface area contributed by atoms with Gasteiger partial charge in [0.25, 0.3) is 0 Å². The van der Waals surface area contributed by atoms with Gasteiger partial charge >= 0.3 is 8.60 Å². The number of rotatable bonds is 8. The van der Waals surface area contributed by atoms with Gasteiger partial charge in [0.1, 0.15) is 0 Å². The summed E-state index contributed by atoms with van der Waals surface area (Å²) in [6, 6.07) is 0. The van der Waals surface area contributed by atoms with Crippen molar-refractivity contribution in [2.24, 2.45) is 0 Å². The summed E-state index contributed by atoms with van der Waals surface area (Å²) in [6.07, 6.45) is 4.66. The van der Waals surface area contributed by atoms with E-state index >= 15 is 0 Å². The van der Waals surface area contributed by atoms with E-state index in [2.05, 4.69) is 6.92 Å². The van der Waals surface area contributed by atoms with Crippen LogP contribution < -0.4 is 0 Å². The summed E-state index contributed by atoms with van der Waals surface area (Å²) in [5.41, 5.74) is 0. The van der Waals surface area contributed by atoms with Crippen molar-refractivity contribution >= 4 is 8.60 Å². The summed E-state index contributed by atoms with van der Waals surface area (Å²) in [5, 5.41) is 0. The van der Waals surface area contributed by atoms with Crippen LogP contribution in [0.5, 0.6) is 0 Å². The second-order valence-electron chi connectivity index (χ2n) is 3.29. The number of hydrogen-bond donors (Lipinski definition) is 1. The van der Waals surface area contributed by atoms with Crippen LogP contribution >= 0.6 is 8.60 Å². The van der Waals surface area contributed by atoms with Crippen LogP contribution in [0.1, 0.15) is 46.5 Å². The number of unbranched alkanes of at least 4 members (excludes halogenated alkanes) is 3. The van der Waals surface area contributed by atoms with Gasteiger partial charge in [0.2, 0.25) is 0 Å². The molecule has 0 saturated heterocycles. The molecule has 0 saturated carbocycles. The summed E-state index contributed by atoms with van der Waals surface area (Å²) in [4.78, 5) is 9.20. The third-order valence-electron chi connectivity index (χ3n) is 1.50. The summed E-state index contributed by atoms with van der Waals surface area (Å²) in [6.45, 7) is 6.54. The molecule has 80 valence electrons. The van der Waals surface area contributed by atoms with Crippen LogP contribution in [0, 0.1) is 0 Å². The van der Waals surface area contributed by atoms with Crippen LogP contribution in [-0.4, -0.2) is 17.6 Å². The Bertz CT molecular complexity index is 109. The second kappa shape index (κ2) is 8.89. The van der Waals surface area contributed by atoms with E-state index < -0.39 is 8.60 Å². The fourth-order valence-electron chi connectivity index (χ4n) is 0.882. The molecule has 0 amide bonds. The fraction of sp³-hybridized carbons (Fsp3) is 1.00. The van der Waals surface area contributed by atoms with E-state index in [0.29, 0.717) is 6.61 Å². The standard InChI is InChI=1S/C9H21O3P/c1-4-5-6-7-8-11-13(10)12-9(2)3/h9-10H,4-8H2,1-3H3. The van der Waals surface area contributed by atoms with Crippen LogP contribution in [0.15, 0.2) is 0 Å². The van der Waals surface area contributed by atoms with Crippen LogP contribution in [0.25, 0.3) is 0 Å². The molecule has 0 aliphatic carbocycles. The quantitative estimate of drug-likeness (QED) is 0.491. The molecule has 0 aliphatic heterocycles. The molecule has 13 heavy (non-hydrogen) atoms. The highest BCUT2D eigenvalue weighted by molar-refractivity contribution is 7.40. The first-order valence-electron chi connectivity index (χ1n) is 4.95. The Kier molecular flexibility index (Phi) is 9.10. The molecule has 3 nitrogen and oxygen atoms in total. The van der Waals surface area contributed by atoms with E-state index in [-0.39, 0.29) is 6.10 Å². The SMILES string of the molecule is CCCCCCOP(O)OC(C)C. The number of hydrogen-bond acceptors (Lipinski definition) is 3. The largest absolute Gasteiger partial charge is 0.330 e. The molecule has 0 aromatic carbocycles. The van der Waals surface area contributed by atoms with Crippen molar-refractivity contribution in [3.8, 4) is 0 Å². The Morgan fingerprint density at radius 3 is 2.46 bits per heavy atom. The second-order valence-corrected chi connectivity index (χ2v) is 4.23. The smallest absolute Gasteiger partial charge is 0.328 e. The summed E-state index contributed by atoms with van der Waals surface area (Å²) >= 11 is 0. The zero-order valence-corrected chi connectivity index (χ0v) is 9.72. The van der Waals surface area contributed by atoms with Gasteiger partial charge in [-0.2, -0.15) is 0 Å². The van der Waals surface area contributed by atoms with E-state index in [1.807, 2.05) is 13.8 Å². The monoisotopic (exact) mass is 208 g/mol. The average Bonchev–Trinajstić information content (AvgIpc) is 2.02. The normalized spacial score (nSPS) is 13.6. The summed E-state index contributed by atoms with van der Waals surface area (Å²) < 4.78 is 10.2. The van der Waals surface area contributed by atoms with E-state index in [4.69, 9.17) is 9.05 Å². The maximum absolute atomic E-state index is 9.20. The van der Waals surface area contributed by atoms with Crippen LogP contribution in [-0.2, 0) is 9.05 Å². The van der Waals surface area contributed by atoms with Gasteiger partial charge in [-0.3, -0.25) is 0 Å². The maximum atomic E-state index is 9.20. The lowest BCUT2D eigenvalue weighted by Gasteiger charge is -2.12. The Labute approximate surface area is 82.4 Å². The lowest BCUT2D eigenvalue weighted by molar-refractivity contribution is 0.163. The van der Waals surface area contributed by atoms with Crippen molar-refractivity contribution in [1.29, 1.82) is 0 Å². The zero-order chi connectivity index (χ0) is 10.1. The molecule has 0 heterocycles. The van der Waals surface area contributed by atoms with Crippen LogP contribution in [0.2, 0.25) is 0 Å². The van der Waals surface area contributed by atoms with Gasteiger partial charge in [0, 0.05) is 0 Å². The first-order valence-corrected chi connectivity index (χ1v) is 6.08. The van der Waals surface area contributed by atoms with Crippen LogP contribution in [0.3, 0.4) is 0 Å². The van der Waals surface area contributed by atoms with Gasteiger partial charge in [-0.05, 0) is 20.3 Å². The molecule has 0 bridgehead atoms. The first kappa shape index (κ1) is 13.3. The van der Waals surface area contributed by atoms with Gasteiger partial charge < -0.3 is 13.9 Å².